The molecular weight excluding hydrogens is 399 g/mol. The van der Waals surface area contributed by atoms with Gasteiger partial charge < -0.3 is 5.32 Å². The molecule has 0 spiro atoms. The molecule has 1 heterocycles. The summed E-state index contributed by atoms with van der Waals surface area (Å²) in [6, 6.07) is 14.6. The standard InChI is InChI=1S/C23H27FN4OS/c1-3-4-5-6-22(29)25-15-21-26-27-23(28(21)20-13-7-17(2)8-14-20)30-16-18-9-11-19(24)12-10-18/h7-14H,3-6,15-16H2,1-2H3,(H,25,29). The average Bonchev–Trinajstić information content (AvgIpc) is 3.15. The van der Waals surface area contributed by atoms with Crippen LogP contribution in [0.4, 0.5) is 4.39 Å². The topological polar surface area (TPSA) is 59.8 Å². The van der Waals surface area contributed by atoms with Gasteiger partial charge in [0.05, 0.1) is 6.54 Å². The van der Waals surface area contributed by atoms with Crippen molar-refractivity contribution in [2.45, 2.75) is 57.0 Å². The number of unbranched alkanes of at least 4 members (excludes halogenated alkanes) is 2. The van der Waals surface area contributed by atoms with E-state index in [0.717, 1.165) is 41.2 Å². The van der Waals surface area contributed by atoms with Crippen LogP contribution in [0.2, 0.25) is 0 Å². The summed E-state index contributed by atoms with van der Waals surface area (Å²) >= 11 is 1.53. The van der Waals surface area contributed by atoms with E-state index < -0.39 is 0 Å². The summed E-state index contributed by atoms with van der Waals surface area (Å²) in [7, 11) is 0. The van der Waals surface area contributed by atoms with Crippen molar-refractivity contribution in [1.82, 2.24) is 20.1 Å². The number of carbonyl (C=O) groups excluding carboxylic acids is 1. The van der Waals surface area contributed by atoms with Crippen molar-refractivity contribution >= 4 is 17.7 Å². The summed E-state index contributed by atoms with van der Waals surface area (Å²) in [5, 5.41) is 12.4. The Morgan fingerprint density at radius 1 is 1.07 bits per heavy atom. The number of hydrogen-bond acceptors (Lipinski definition) is 4. The average molecular weight is 427 g/mol. The van der Waals surface area contributed by atoms with E-state index in [-0.39, 0.29) is 11.7 Å². The van der Waals surface area contributed by atoms with E-state index >= 15 is 0 Å². The Hall–Kier alpha value is -2.67. The summed E-state index contributed by atoms with van der Waals surface area (Å²) in [6.07, 6.45) is 3.56. The van der Waals surface area contributed by atoms with Crippen molar-refractivity contribution in [3.8, 4) is 5.69 Å². The SMILES string of the molecule is CCCCCC(=O)NCc1nnc(SCc2ccc(F)cc2)n1-c1ccc(C)cc1. The minimum Gasteiger partial charge on any atom is -0.349 e. The fraction of sp³-hybridized carbons (Fsp3) is 0.348. The van der Waals surface area contributed by atoms with Crippen molar-refractivity contribution in [3.63, 3.8) is 0 Å². The minimum absolute atomic E-state index is 0.0300. The van der Waals surface area contributed by atoms with Crippen molar-refractivity contribution in [1.29, 1.82) is 0 Å². The molecule has 3 aromatic rings. The molecule has 0 saturated carbocycles. The van der Waals surface area contributed by atoms with E-state index in [9.17, 15) is 9.18 Å². The molecule has 30 heavy (non-hydrogen) atoms. The second-order valence-electron chi connectivity index (χ2n) is 7.22. The van der Waals surface area contributed by atoms with Crippen molar-refractivity contribution < 1.29 is 9.18 Å². The van der Waals surface area contributed by atoms with Crippen LogP contribution in [-0.4, -0.2) is 20.7 Å². The Balaban J connectivity index is 1.75. The lowest BCUT2D eigenvalue weighted by Gasteiger charge is -2.11. The van der Waals surface area contributed by atoms with Gasteiger partial charge in [-0.2, -0.15) is 0 Å². The molecule has 2 aromatic carbocycles. The summed E-state index contributed by atoms with van der Waals surface area (Å²) < 4.78 is 15.1. The Bertz CT molecular complexity index is 954. The highest BCUT2D eigenvalue weighted by Crippen LogP contribution is 2.25. The van der Waals surface area contributed by atoms with Crippen LogP contribution < -0.4 is 5.32 Å². The predicted octanol–water partition coefficient (Wildman–Crippen LogP) is 5.20. The maximum atomic E-state index is 13.2. The maximum Gasteiger partial charge on any atom is 0.220 e. The molecule has 0 aliphatic carbocycles. The molecule has 0 unspecified atom stereocenters. The van der Waals surface area contributed by atoms with Gasteiger partial charge in [-0.25, -0.2) is 4.39 Å². The molecule has 0 bridgehead atoms. The van der Waals surface area contributed by atoms with E-state index in [4.69, 9.17) is 0 Å². The fourth-order valence-corrected chi connectivity index (χ4v) is 3.92. The van der Waals surface area contributed by atoms with Crippen LogP contribution in [0.1, 0.15) is 49.6 Å². The van der Waals surface area contributed by atoms with E-state index in [1.807, 2.05) is 35.8 Å². The van der Waals surface area contributed by atoms with Gasteiger partial charge in [0.15, 0.2) is 11.0 Å². The lowest BCUT2D eigenvalue weighted by atomic mass is 10.2. The number of aromatic nitrogens is 3. The highest BCUT2D eigenvalue weighted by Gasteiger charge is 2.15. The van der Waals surface area contributed by atoms with Crippen molar-refractivity contribution in [3.05, 3.63) is 71.3 Å². The lowest BCUT2D eigenvalue weighted by Crippen LogP contribution is -2.24. The van der Waals surface area contributed by atoms with Crippen molar-refractivity contribution in [2.24, 2.45) is 0 Å². The lowest BCUT2D eigenvalue weighted by molar-refractivity contribution is -0.121. The third-order valence-corrected chi connectivity index (χ3v) is 5.72. The van der Waals surface area contributed by atoms with Crippen LogP contribution in [0.5, 0.6) is 0 Å². The fourth-order valence-electron chi connectivity index (χ4n) is 2.99. The van der Waals surface area contributed by atoms with Crippen LogP contribution in [0.15, 0.2) is 53.7 Å². The quantitative estimate of drug-likeness (QED) is 0.357. The van der Waals surface area contributed by atoms with Gasteiger partial charge in [-0.1, -0.05) is 61.4 Å². The number of thioether (sulfide) groups is 1. The van der Waals surface area contributed by atoms with Crippen LogP contribution in [0.3, 0.4) is 0 Å². The molecule has 5 nitrogen and oxygen atoms in total. The highest BCUT2D eigenvalue weighted by molar-refractivity contribution is 7.98. The Kier molecular flexibility index (Phi) is 8.02. The number of benzene rings is 2. The third-order valence-electron chi connectivity index (χ3n) is 4.72. The molecule has 3 rings (SSSR count). The van der Waals surface area contributed by atoms with E-state index in [2.05, 4.69) is 22.4 Å². The molecule has 7 heteroatoms. The number of nitrogens with zero attached hydrogens (tertiary/aromatic N) is 3. The van der Waals surface area contributed by atoms with Gasteiger partial charge in [-0.15, -0.1) is 10.2 Å². The van der Waals surface area contributed by atoms with Gasteiger partial charge in [0.1, 0.15) is 5.82 Å². The van der Waals surface area contributed by atoms with Gasteiger partial charge in [0, 0.05) is 17.9 Å². The van der Waals surface area contributed by atoms with Gasteiger partial charge in [-0.3, -0.25) is 9.36 Å². The number of halogens is 1. The highest BCUT2D eigenvalue weighted by atomic mass is 32.2. The second-order valence-corrected chi connectivity index (χ2v) is 8.16. The smallest absolute Gasteiger partial charge is 0.220 e. The molecule has 0 atom stereocenters. The number of carbonyl (C=O) groups is 1. The molecule has 1 N–H and O–H groups in total. The van der Waals surface area contributed by atoms with Gasteiger partial charge in [-0.05, 0) is 43.2 Å². The van der Waals surface area contributed by atoms with E-state index in [1.54, 1.807) is 12.1 Å². The number of amides is 1. The van der Waals surface area contributed by atoms with Crippen LogP contribution in [0, 0.1) is 12.7 Å². The molecule has 0 fully saturated rings. The Labute approximate surface area is 181 Å². The number of nitrogens with one attached hydrogen (secondary N) is 1. The largest absolute Gasteiger partial charge is 0.349 e. The first-order valence-corrected chi connectivity index (χ1v) is 11.2. The van der Waals surface area contributed by atoms with Crippen LogP contribution in [0.25, 0.3) is 5.69 Å². The summed E-state index contributed by atoms with van der Waals surface area (Å²) in [6.45, 7) is 4.48. The Morgan fingerprint density at radius 2 is 1.80 bits per heavy atom. The molecule has 0 aliphatic heterocycles. The molecule has 0 aliphatic rings. The van der Waals surface area contributed by atoms with Crippen LogP contribution >= 0.6 is 11.8 Å². The second kappa shape index (κ2) is 10.9. The minimum atomic E-state index is -0.247. The zero-order chi connectivity index (χ0) is 21.3. The Morgan fingerprint density at radius 3 is 2.50 bits per heavy atom. The third kappa shape index (κ3) is 6.16. The van der Waals surface area contributed by atoms with Gasteiger partial charge in [0.25, 0.3) is 0 Å². The maximum absolute atomic E-state index is 13.2. The first-order chi connectivity index (χ1) is 14.6. The molecule has 1 amide bonds. The molecule has 0 radical (unpaired) electrons. The molecule has 0 saturated heterocycles. The number of rotatable bonds is 10. The normalized spacial score (nSPS) is 10.9. The van der Waals surface area contributed by atoms with E-state index in [1.165, 1.54) is 23.9 Å². The monoisotopic (exact) mass is 426 g/mol. The zero-order valence-electron chi connectivity index (χ0n) is 17.4. The molecule has 1 aromatic heterocycles. The zero-order valence-corrected chi connectivity index (χ0v) is 18.2. The summed E-state index contributed by atoms with van der Waals surface area (Å²) in [4.78, 5) is 12.1. The molecular formula is C23H27FN4OS. The molecule has 158 valence electrons. The predicted molar refractivity (Wildman–Crippen MR) is 118 cm³/mol. The van der Waals surface area contributed by atoms with Crippen molar-refractivity contribution in [2.75, 3.05) is 0 Å². The number of hydrogen-bond donors (Lipinski definition) is 1. The number of aryl methyl sites for hydroxylation is 1. The van der Waals surface area contributed by atoms with Gasteiger partial charge in [0.2, 0.25) is 5.91 Å². The summed E-state index contributed by atoms with van der Waals surface area (Å²) in [5.41, 5.74) is 3.12. The van der Waals surface area contributed by atoms with E-state index in [0.29, 0.717) is 24.5 Å². The first-order valence-electron chi connectivity index (χ1n) is 10.2. The summed E-state index contributed by atoms with van der Waals surface area (Å²) in [5.74, 6) is 1.11. The van der Waals surface area contributed by atoms with Crippen LogP contribution in [-0.2, 0) is 17.1 Å². The first kappa shape index (κ1) is 22.0. The van der Waals surface area contributed by atoms with Gasteiger partial charge >= 0.3 is 0 Å².